The quantitative estimate of drug-likeness (QED) is 0.511. The van der Waals surface area contributed by atoms with Crippen LogP contribution in [0.1, 0.15) is 18.0 Å². The Kier molecular flexibility index (Phi) is 4.63. The molecule has 14 heavy (non-hydrogen) atoms. The third kappa shape index (κ3) is 3.10. The minimum Gasteiger partial charge on any atom is -0.271 e. The zero-order valence-corrected chi connectivity index (χ0v) is 10.6. The van der Waals surface area contributed by atoms with Gasteiger partial charge in [-0.15, -0.1) is 12.3 Å². The molecule has 0 aromatic heterocycles. The van der Waals surface area contributed by atoms with E-state index < -0.39 is 0 Å². The summed E-state index contributed by atoms with van der Waals surface area (Å²) in [5, 5.41) is 0. The third-order valence-electron chi connectivity index (χ3n) is 1.81. The fraction of sp³-hybridized carbons (Fsp3) is 0.200. The summed E-state index contributed by atoms with van der Waals surface area (Å²) in [5.41, 5.74) is 3.75. The predicted molar refractivity (Wildman–Crippen MR) is 65.4 cm³/mol. The maximum atomic E-state index is 5.41. The minimum absolute atomic E-state index is 0.00574. The van der Waals surface area contributed by atoms with Gasteiger partial charge in [0.25, 0.3) is 0 Å². The molecule has 0 radical (unpaired) electrons. The molecule has 1 aromatic carbocycles. The van der Waals surface area contributed by atoms with Crippen LogP contribution in [0.2, 0.25) is 0 Å². The van der Waals surface area contributed by atoms with Crippen molar-refractivity contribution in [2.45, 2.75) is 12.5 Å². The van der Waals surface area contributed by atoms with Gasteiger partial charge in [0.15, 0.2) is 0 Å². The SMILES string of the molecule is C#CCC(NN)c1cc(Br)cc(Br)c1. The molecule has 0 aliphatic rings. The summed E-state index contributed by atoms with van der Waals surface area (Å²) in [6, 6.07) is 5.94. The van der Waals surface area contributed by atoms with Gasteiger partial charge in [-0.2, -0.15) is 0 Å². The molecule has 0 saturated heterocycles. The number of benzene rings is 1. The number of hydrazine groups is 1. The number of terminal acetylenes is 1. The molecule has 4 heteroatoms. The van der Waals surface area contributed by atoms with Gasteiger partial charge in [0, 0.05) is 15.4 Å². The molecule has 1 atom stereocenters. The summed E-state index contributed by atoms with van der Waals surface area (Å²) in [6.45, 7) is 0. The molecule has 0 saturated carbocycles. The molecule has 0 fully saturated rings. The molecular weight excluding hydrogens is 308 g/mol. The lowest BCUT2D eigenvalue weighted by atomic mass is 10.1. The van der Waals surface area contributed by atoms with E-state index in [0.717, 1.165) is 14.5 Å². The van der Waals surface area contributed by atoms with Crippen molar-refractivity contribution in [3.8, 4) is 12.3 Å². The van der Waals surface area contributed by atoms with Crippen LogP contribution in [-0.4, -0.2) is 0 Å². The Morgan fingerprint density at radius 3 is 2.36 bits per heavy atom. The largest absolute Gasteiger partial charge is 0.271 e. The molecule has 1 unspecified atom stereocenters. The van der Waals surface area contributed by atoms with E-state index >= 15 is 0 Å². The van der Waals surface area contributed by atoms with Crippen LogP contribution in [-0.2, 0) is 0 Å². The van der Waals surface area contributed by atoms with E-state index in [2.05, 4.69) is 43.2 Å². The van der Waals surface area contributed by atoms with Crippen LogP contribution < -0.4 is 11.3 Å². The number of nitrogens with one attached hydrogen (secondary N) is 1. The van der Waals surface area contributed by atoms with Gasteiger partial charge in [0.05, 0.1) is 6.04 Å². The van der Waals surface area contributed by atoms with Crippen LogP contribution in [0.4, 0.5) is 0 Å². The van der Waals surface area contributed by atoms with Crippen molar-refractivity contribution in [2.24, 2.45) is 5.84 Å². The van der Waals surface area contributed by atoms with Crippen LogP contribution in [0.15, 0.2) is 27.1 Å². The Bertz CT molecular complexity index is 337. The summed E-state index contributed by atoms with van der Waals surface area (Å²) in [5.74, 6) is 8.00. The molecular formula is C10H10Br2N2. The zero-order valence-electron chi connectivity index (χ0n) is 7.43. The Hall–Kier alpha value is -0.340. The second kappa shape index (κ2) is 5.52. The average Bonchev–Trinajstić information content (AvgIpc) is 2.12. The van der Waals surface area contributed by atoms with Crippen molar-refractivity contribution in [2.75, 3.05) is 0 Å². The van der Waals surface area contributed by atoms with Gasteiger partial charge in [0.1, 0.15) is 0 Å². The molecule has 0 spiro atoms. The lowest BCUT2D eigenvalue weighted by Gasteiger charge is -2.14. The highest BCUT2D eigenvalue weighted by Gasteiger charge is 2.09. The molecule has 2 nitrogen and oxygen atoms in total. The summed E-state index contributed by atoms with van der Waals surface area (Å²) in [6.07, 6.45) is 5.82. The monoisotopic (exact) mass is 316 g/mol. The molecule has 3 N–H and O–H groups in total. The van der Waals surface area contributed by atoms with E-state index in [1.807, 2.05) is 18.2 Å². The minimum atomic E-state index is -0.00574. The van der Waals surface area contributed by atoms with Crippen molar-refractivity contribution < 1.29 is 0 Å². The van der Waals surface area contributed by atoms with Gasteiger partial charge in [-0.25, -0.2) is 0 Å². The Balaban J connectivity index is 2.98. The number of hydrogen-bond acceptors (Lipinski definition) is 2. The van der Waals surface area contributed by atoms with Crippen molar-refractivity contribution >= 4 is 31.9 Å². The Morgan fingerprint density at radius 2 is 1.93 bits per heavy atom. The number of hydrogen-bond donors (Lipinski definition) is 2. The van der Waals surface area contributed by atoms with E-state index in [4.69, 9.17) is 12.3 Å². The zero-order chi connectivity index (χ0) is 10.6. The molecule has 0 aliphatic carbocycles. The second-order valence-electron chi connectivity index (χ2n) is 2.83. The highest BCUT2D eigenvalue weighted by Crippen LogP contribution is 2.25. The van der Waals surface area contributed by atoms with Crippen molar-refractivity contribution in [1.29, 1.82) is 0 Å². The first-order valence-corrected chi connectivity index (χ1v) is 5.61. The van der Waals surface area contributed by atoms with Crippen LogP contribution in [0.5, 0.6) is 0 Å². The molecule has 0 heterocycles. The summed E-state index contributed by atoms with van der Waals surface area (Å²) < 4.78 is 2.00. The fourth-order valence-corrected chi connectivity index (χ4v) is 2.50. The highest BCUT2D eigenvalue weighted by atomic mass is 79.9. The molecule has 0 aliphatic heterocycles. The number of halogens is 2. The third-order valence-corrected chi connectivity index (χ3v) is 2.73. The van der Waals surface area contributed by atoms with E-state index in [1.165, 1.54) is 0 Å². The molecule has 1 aromatic rings. The maximum absolute atomic E-state index is 5.41. The van der Waals surface area contributed by atoms with E-state index in [1.54, 1.807) is 0 Å². The van der Waals surface area contributed by atoms with E-state index in [0.29, 0.717) is 6.42 Å². The summed E-state index contributed by atoms with van der Waals surface area (Å²) in [7, 11) is 0. The van der Waals surface area contributed by atoms with Gasteiger partial charge < -0.3 is 0 Å². The van der Waals surface area contributed by atoms with Crippen LogP contribution >= 0.6 is 31.9 Å². The first-order valence-electron chi connectivity index (χ1n) is 4.03. The molecule has 1 rings (SSSR count). The average molecular weight is 318 g/mol. The van der Waals surface area contributed by atoms with Crippen LogP contribution in [0.25, 0.3) is 0 Å². The normalized spacial score (nSPS) is 12.1. The van der Waals surface area contributed by atoms with Gasteiger partial charge in [-0.05, 0) is 23.8 Å². The maximum Gasteiger partial charge on any atom is 0.0569 e. The van der Waals surface area contributed by atoms with Gasteiger partial charge >= 0.3 is 0 Å². The lowest BCUT2D eigenvalue weighted by molar-refractivity contribution is 0.567. The first-order chi connectivity index (χ1) is 6.67. The number of nitrogens with two attached hydrogens (primary N) is 1. The van der Waals surface area contributed by atoms with E-state index in [-0.39, 0.29) is 6.04 Å². The molecule has 74 valence electrons. The predicted octanol–water partition coefficient (Wildman–Crippen LogP) is 2.74. The van der Waals surface area contributed by atoms with Crippen LogP contribution in [0.3, 0.4) is 0 Å². The lowest BCUT2D eigenvalue weighted by Crippen LogP contribution is -2.27. The Labute approximate surface area is 100 Å². The fourth-order valence-electron chi connectivity index (χ4n) is 1.17. The van der Waals surface area contributed by atoms with Crippen LogP contribution in [0, 0.1) is 12.3 Å². The topological polar surface area (TPSA) is 38.0 Å². The summed E-state index contributed by atoms with van der Waals surface area (Å²) in [4.78, 5) is 0. The molecule has 0 bridgehead atoms. The van der Waals surface area contributed by atoms with Gasteiger partial charge in [-0.1, -0.05) is 31.9 Å². The van der Waals surface area contributed by atoms with Crippen molar-refractivity contribution in [1.82, 2.24) is 5.43 Å². The summed E-state index contributed by atoms with van der Waals surface area (Å²) >= 11 is 6.82. The Morgan fingerprint density at radius 1 is 1.36 bits per heavy atom. The number of rotatable bonds is 3. The highest BCUT2D eigenvalue weighted by molar-refractivity contribution is 9.11. The van der Waals surface area contributed by atoms with Crippen molar-refractivity contribution in [3.05, 3.63) is 32.7 Å². The van der Waals surface area contributed by atoms with Gasteiger partial charge in [-0.3, -0.25) is 11.3 Å². The standard InChI is InChI=1S/C10H10Br2N2/c1-2-3-10(14-13)7-4-8(11)6-9(12)5-7/h1,4-6,10,14H,3,13H2. The van der Waals surface area contributed by atoms with Gasteiger partial charge in [0.2, 0.25) is 0 Å². The van der Waals surface area contributed by atoms with Crippen molar-refractivity contribution in [3.63, 3.8) is 0 Å². The second-order valence-corrected chi connectivity index (χ2v) is 4.66. The first kappa shape index (κ1) is 11.7. The smallest absolute Gasteiger partial charge is 0.0569 e. The van der Waals surface area contributed by atoms with E-state index in [9.17, 15) is 0 Å². The molecule has 0 amide bonds.